The summed E-state index contributed by atoms with van der Waals surface area (Å²) in [6.07, 6.45) is 3.02. The van der Waals surface area contributed by atoms with Gasteiger partial charge in [-0.25, -0.2) is 0 Å². The third kappa shape index (κ3) is 2.43. The van der Waals surface area contributed by atoms with Crippen LogP contribution >= 0.6 is 0 Å². The van der Waals surface area contributed by atoms with Gasteiger partial charge in [0.05, 0.1) is 11.8 Å². The minimum Gasteiger partial charge on any atom is -0.469 e. The summed E-state index contributed by atoms with van der Waals surface area (Å²) in [7, 11) is 0. The molecule has 3 rings (SSSR count). The number of anilines is 1. The van der Waals surface area contributed by atoms with Crippen molar-refractivity contribution in [1.29, 1.82) is 0 Å². The van der Waals surface area contributed by atoms with Crippen LogP contribution in [-0.4, -0.2) is 11.7 Å². The molecule has 2 aromatic rings. The Hall–Kier alpha value is -2.43. The molecule has 116 valence electrons. The van der Waals surface area contributed by atoms with Gasteiger partial charge in [0.25, 0.3) is 11.7 Å². The monoisotopic (exact) mass is 301 g/mol. The number of carbonyl (C=O) groups excluding carboxylic acids is 1. The summed E-state index contributed by atoms with van der Waals surface area (Å²) in [5, 5.41) is 2.84. The van der Waals surface area contributed by atoms with E-state index >= 15 is 0 Å². The van der Waals surface area contributed by atoms with Gasteiger partial charge in [-0.2, -0.15) is 0 Å². The Morgan fingerprint density at radius 2 is 1.86 bits per heavy atom. The highest BCUT2D eigenvalue weighted by Gasteiger charge is 2.38. The van der Waals surface area contributed by atoms with E-state index in [0.717, 1.165) is 12.8 Å². The van der Waals surface area contributed by atoms with Crippen LogP contribution in [0.15, 0.2) is 34.9 Å². The molecule has 0 saturated carbocycles. The van der Waals surface area contributed by atoms with Gasteiger partial charge in [-0.15, -0.1) is 0 Å². The zero-order chi connectivity index (χ0) is 15.7. The Labute approximate surface area is 129 Å². The number of fused-ring (bicyclic) bond motifs is 1. The van der Waals surface area contributed by atoms with E-state index in [2.05, 4.69) is 5.32 Å². The Morgan fingerprint density at radius 3 is 2.50 bits per heavy atom. The van der Waals surface area contributed by atoms with E-state index in [1.165, 1.54) is 6.26 Å². The number of amides is 1. The second-order valence-electron chi connectivity index (χ2n) is 5.33. The highest BCUT2D eigenvalue weighted by Crippen LogP contribution is 2.43. The molecule has 1 aliphatic rings. The molecular formula is C17H19NO4. The maximum Gasteiger partial charge on any atom is 0.259 e. The van der Waals surface area contributed by atoms with Crippen LogP contribution in [0.1, 0.15) is 42.8 Å². The third-order valence-electron chi connectivity index (χ3n) is 3.97. The second-order valence-corrected chi connectivity index (χ2v) is 5.33. The van der Waals surface area contributed by atoms with E-state index in [0.29, 0.717) is 28.5 Å². The topological polar surface area (TPSA) is 60.7 Å². The first-order valence-electron chi connectivity index (χ1n) is 7.44. The van der Waals surface area contributed by atoms with Crippen LogP contribution in [0, 0.1) is 6.92 Å². The van der Waals surface area contributed by atoms with E-state index in [-0.39, 0.29) is 5.91 Å². The smallest absolute Gasteiger partial charge is 0.259 e. The van der Waals surface area contributed by atoms with Gasteiger partial charge < -0.3 is 19.2 Å². The van der Waals surface area contributed by atoms with E-state index in [4.69, 9.17) is 13.9 Å². The van der Waals surface area contributed by atoms with Crippen LogP contribution in [0.25, 0.3) is 0 Å². The fourth-order valence-electron chi connectivity index (χ4n) is 2.53. The molecule has 0 radical (unpaired) electrons. The van der Waals surface area contributed by atoms with Gasteiger partial charge in [-0.3, -0.25) is 4.79 Å². The van der Waals surface area contributed by atoms with Gasteiger partial charge in [0.2, 0.25) is 0 Å². The lowest BCUT2D eigenvalue weighted by Gasteiger charge is -2.24. The molecule has 1 aromatic carbocycles. The first-order valence-corrected chi connectivity index (χ1v) is 7.44. The molecule has 22 heavy (non-hydrogen) atoms. The molecule has 5 heteroatoms. The molecule has 0 unspecified atom stereocenters. The van der Waals surface area contributed by atoms with Gasteiger partial charge in [0.1, 0.15) is 5.76 Å². The van der Waals surface area contributed by atoms with Crippen molar-refractivity contribution in [2.75, 3.05) is 5.32 Å². The summed E-state index contributed by atoms with van der Waals surface area (Å²) in [6, 6.07) is 7.06. The van der Waals surface area contributed by atoms with Crippen molar-refractivity contribution in [3.63, 3.8) is 0 Å². The molecule has 0 fully saturated rings. The summed E-state index contributed by atoms with van der Waals surface area (Å²) < 4.78 is 17.0. The van der Waals surface area contributed by atoms with Crippen molar-refractivity contribution in [2.45, 2.75) is 39.4 Å². The number of nitrogens with one attached hydrogen (secondary N) is 1. The predicted octanol–water partition coefficient (Wildman–Crippen LogP) is 4.13. The van der Waals surface area contributed by atoms with Crippen molar-refractivity contribution in [2.24, 2.45) is 0 Å². The van der Waals surface area contributed by atoms with Crippen LogP contribution in [0.3, 0.4) is 0 Å². The number of ether oxygens (including phenoxy) is 2. The van der Waals surface area contributed by atoms with Crippen molar-refractivity contribution in [1.82, 2.24) is 0 Å². The molecule has 2 heterocycles. The predicted molar refractivity (Wildman–Crippen MR) is 82.4 cm³/mol. The number of carbonyl (C=O) groups is 1. The van der Waals surface area contributed by atoms with E-state index in [1.807, 2.05) is 19.9 Å². The summed E-state index contributed by atoms with van der Waals surface area (Å²) >= 11 is 0. The molecule has 0 saturated heterocycles. The van der Waals surface area contributed by atoms with Gasteiger partial charge in [0, 0.05) is 24.6 Å². The quantitative estimate of drug-likeness (QED) is 0.922. The zero-order valence-corrected chi connectivity index (χ0v) is 12.9. The lowest BCUT2D eigenvalue weighted by molar-refractivity contribution is -0.0843. The molecule has 1 aliphatic heterocycles. The Balaban J connectivity index is 1.79. The number of furan rings is 1. The van der Waals surface area contributed by atoms with E-state index in [1.54, 1.807) is 25.1 Å². The van der Waals surface area contributed by atoms with Gasteiger partial charge >= 0.3 is 0 Å². The van der Waals surface area contributed by atoms with E-state index in [9.17, 15) is 4.79 Å². The summed E-state index contributed by atoms with van der Waals surface area (Å²) in [5.74, 6) is 1.16. The van der Waals surface area contributed by atoms with Crippen LogP contribution in [0.2, 0.25) is 0 Å². The normalized spacial score (nSPS) is 14.9. The minimum atomic E-state index is -0.591. The Kier molecular flexibility index (Phi) is 3.56. The largest absolute Gasteiger partial charge is 0.469 e. The lowest BCUT2D eigenvalue weighted by Crippen LogP contribution is -2.36. The third-order valence-corrected chi connectivity index (χ3v) is 3.97. The molecule has 0 atom stereocenters. The molecule has 1 amide bonds. The standard InChI is InChI=1S/C17H19NO4/c1-4-17(5-2)21-14-7-6-12(10-15(14)22-17)18-16(19)13-8-9-20-11(13)3/h6-10H,4-5H2,1-3H3,(H,18,19). The Bertz CT molecular complexity index is 700. The van der Waals surface area contributed by atoms with E-state index < -0.39 is 5.79 Å². The summed E-state index contributed by atoms with van der Waals surface area (Å²) in [5.41, 5.74) is 1.19. The first-order chi connectivity index (χ1) is 10.6. The number of hydrogen-bond acceptors (Lipinski definition) is 4. The van der Waals surface area contributed by atoms with Crippen LogP contribution in [-0.2, 0) is 0 Å². The fourth-order valence-corrected chi connectivity index (χ4v) is 2.53. The van der Waals surface area contributed by atoms with Crippen LogP contribution in [0.5, 0.6) is 11.5 Å². The van der Waals surface area contributed by atoms with Crippen molar-refractivity contribution < 1.29 is 18.7 Å². The fraction of sp³-hybridized carbons (Fsp3) is 0.353. The molecule has 0 aliphatic carbocycles. The average Bonchev–Trinajstić information content (AvgIpc) is 3.10. The second kappa shape index (κ2) is 5.40. The lowest BCUT2D eigenvalue weighted by atomic mass is 10.1. The molecule has 0 spiro atoms. The maximum atomic E-state index is 12.2. The highest BCUT2D eigenvalue weighted by atomic mass is 16.7. The maximum absolute atomic E-state index is 12.2. The minimum absolute atomic E-state index is 0.206. The molecule has 5 nitrogen and oxygen atoms in total. The number of benzene rings is 1. The molecule has 1 aromatic heterocycles. The average molecular weight is 301 g/mol. The number of rotatable bonds is 4. The van der Waals surface area contributed by atoms with Crippen molar-refractivity contribution in [3.05, 3.63) is 41.9 Å². The zero-order valence-electron chi connectivity index (χ0n) is 12.9. The van der Waals surface area contributed by atoms with Gasteiger partial charge in [0.15, 0.2) is 11.5 Å². The molecule has 0 bridgehead atoms. The SMILES string of the molecule is CCC1(CC)Oc2ccc(NC(=O)c3ccoc3C)cc2O1. The van der Waals surface area contributed by atoms with Gasteiger partial charge in [-0.05, 0) is 25.1 Å². The molecule has 1 N–H and O–H groups in total. The number of aryl methyl sites for hydroxylation is 1. The number of hydrogen-bond donors (Lipinski definition) is 1. The first kappa shape index (κ1) is 14.5. The van der Waals surface area contributed by atoms with Gasteiger partial charge in [-0.1, -0.05) is 13.8 Å². The summed E-state index contributed by atoms with van der Waals surface area (Å²) in [6.45, 7) is 5.81. The van der Waals surface area contributed by atoms with Crippen LogP contribution < -0.4 is 14.8 Å². The highest BCUT2D eigenvalue weighted by molar-refractivity contribution is 6.05. The van der Waals surface area contributed by atoms with Crippen LogP contribution in [0.4, 0.5) is 5.69 Å². The summed E-state index contributed by atoms with van der Waals surface area (Å²) in [4.78, 5) is 12.2. The Morgan fingerprint density at radius 1 is 1.14 bits per heavy atom. The molecular weight excluding hydrogens is 282 g/mol. The van der Waals surface area contributed by atoms with Crippen molar-refractivity contribution >= 4 is 11.6 Å². The van der Waals surface area contributed by atoms with Crippen molar-refractivity contribution in [3.8, 4) is 11.5 Å².